The minimum Gasteiger partial charge on any atom is -0.479 e. The first-order chi connectivity index (χ1) is 9.66. The third-order valence-corrected chi connectivity index (χ3v) is 2.65. The first kappa shape index (κ1) is 16.8. The lowest BCUT2D eigenvalue weighted by Crippen LogP contribution is -2.31. The highest BCUT2D eigenvalue weighted by Crippen LogP contribution is 2.31. The zero-order valence-electron chi connectivity index (χ0n) is 10.9. The molecule has 1 aromatic rings. The Balaban J connectivity index is 3.02. The first-order valence-corrected chi connectivity index (χ1v) is 5.67. The Morgan fingerprint density at radius 2 is 2.05 bits per heavy atom. The molecule has 0 radical (unpaired) electrons. The molecule has 0 aliphatic rings. The molecule has 0 aliphatic heterocycles. The van der Waals surface area contributed by atoms with Gasteiger partial charge in [-0.05, 0) is 18.2 Å². The molecule has 1 aromatic carbocycles. The summed E-state index contributed by atoms with van der Waals surface area (Å²) in [5.41, 5.74) is 3.62. The summed E-state index contributed by atoms with van der Waals surface area (Å²) in [7, 11) is 1.17. The van der Waals surface area contributed by atoms with E-state index in [1.807, 2.05) is 0 Å². The molecule has 1 unspecified atom stereocenters. The van der Waals surface area contributed by atoms with Crippen molar-refractivity contribution in [3.63, 3.8) is 0 Å². The van der Waals surface area contributed by atoms with E-state index in [-0.39, 0.29) is 17.8 Å². The first-order valence-electron chi connectivity index (χ1n) is 5.67. The van der Waals surface area contributed by atoms with Crippen molar-refractivity contribution >= 4 is 17.6 Å². The summed E-state index contributed by atoms with van der Waals surface area (Å²) in [4.78, 5) is 22.0. The minimum absolute atomic E-state index is 0.00111. The van der Waals surface area contributed by atoms with E-state index >= 15 is 0 Å². The Labute approximate surface area is 117 Å². The number of carboxylic acid groups (broad SMARTS) is 1. The highest BCUT2D eigenvalue weighted by Gasteiger charge is 2.31. The average molecular weight is 306 g/mol. The van der Waals surface area contributed by atoms with Crippen LogP contribution in [0.5, 0.6) is 0 Å². The normalized spacial score (nSPS) is 12.8. The van der Waals surface area contributed by atoms with Crippen LogP contribution in [0.15, 0.2) is 18.2 Å². The molecule has 116 valence electrons. The molecule has 4 N–H and O–H groups in total. The maximum absolute atomic E-state index is 12.6. The van der Waals surface area contributed by atoms with E-state index in [1.165, 1.54) is 7.11 Å². The number of nitrogens with two attached hydrogens (primary N) is 1. The molecular weight excluding hydrogens is 293 g/mol. The molecule has 1 amide bonds. The van der Waals surface area contributed by atoms with Crippen LogP contribution in [0.25, 0.3) is 0 Å². The molecule has 0 saturated carbocycles. The molecule has 6 nitrogen and oxygen atoms in total. The SMILES string of the molecule is COC(CNc1ccc(C(F)(F)F)cc1C(N)=O)C(=O)O. The fourth-order valence-electron chi connectivity index (χ4n) is 1.55. The zero-order valence-corrected chi connectivity index (χ0v) is 10.9. The quantitative estimate of drug-likeness (QED) is 0.735. The number of hydrogen-bond donors (Lipinski definition) is 3. The van der Waals surface area contributed by atoms with Gasteiger partial charge in [-0.1, -0.05) is 0 Å². The number of carbonyl (C=O) groups is 2. The number of rotatable bonds is 6. The van der Waals surface area contributed by atoms with Crippen molar-refractivity contribution in [2.75, 3.05) is 19.0 Å². The Kier molecular flexibility index (Phi) is 5.14. The van der Waals surface area contributed by atoms with Gasteiger partial charge in [-0.2, -0.15) is 13.2 Å². The summed E-state index contributed by atoms with van der Waals surface area (Å²) in [5, 5.41) is 11.3. The number of hydrogen-bond acceptors (Lipinski definition) is 4. The number of alkyl halides is 3. The van der Waals surface area contributed by atoms with Crippen LogP contribution in [0.3, 0.4) is 0 Å². The van der Waals surface area contributed by atoms with Crippen molar-refractivity contribution in [3.8, 4) is 0 Å². The van der Waals surface area contributed by atoms with Crippen molar-refractivity contribution in [2.45, 2.75) is 12.3 Å². The lowest BCUT2D eigenvalue weighted by Gasteiger charge is -2.16. The van der Waals surface area contributed by atoms with Crippen LogP contribution in [-0.4, -0.2) is 36.7 Å². The van der Waals surface area contributed by atoms with Gasteiger partial charge >= 0.3 is 12.1 Å². The molecule has 0 bridgehead atoms. The molecule has 9 heteroatoms. The standard InChI is InChI=1S/C12H13F3N2O4/c1-21-9(11(19)20)5-17-8-3-2-6(12(13,14)15)4-7(8)10(16)18/h2-4,9,17H,5H2,1H3,(H2,16,18)(H,19,20). The van der Waals surface area contributed by atoms with Gasteiger partial charge in [-0.15, -0.1) is 0 Å². The summed E-state index contributed by atoms with van der Waals surface area (Å²) in [6.45, 7) is -0.239. The maximum atomic E-state index is 12.6. The summed E-state index contributed by atoms with van der Waals surface area (Å²) < 4.78 is 42.4. The van der Waals surface area contributed by atoms with Crippen molar-refractivity contribution in [1.29, 1.82) is 0 Å². The second-order valence-electron chi connectivity index (χ2n) is 4.07. The second-order valence-corrected chi connectivity index (χ2v) is 4.07. The molecule has 0 heterocycles. The number of aliphatic carboxylic acids is 1. The van der Waals surface area contributed by atoms with E-state index in [4.69, 9.17) is 10.8 Å². The van der Waals surface area contributed by atoms with E-state index in [0.29, 0.717) is 6.07 Å². The number of carbonyl (C=O) groups excluding carboxylic acids is 1. The summed E-state index contributed by atoms with van der Waals surface area (Å²) in [6, 6.07) is 2.38. The van der Waals surface area contributed by atoms with Crippen molar-refractivity contribution in [3.05, 3.63) is 29.3 Å². The number of benzene rings is 1. The molecule has 21 heavy (non-hydrogen) atoms. The number of anilines is 1. The largest absolute Gasteiger partial charge is 0.479 e. The predicted molar refractivity (Wildman–Crippen MR) is 66.9 cm³/mol. The minimum atomic E-state index is -4.61. The van der Waals surface area contributed by atoms with Gasteiger partial charge in [-0.25, -0.2) is 4.79 Å². The number of methoxy groups -OCH3 is 1. The van der Waals surface area contributed by atoms with E-state index in [0.717, 1.165) is 12.1 Å². The van der Waals surface area contributed by atoms with Crippen LogP contribution < -0.4 is 11.1 Å². The molecule has 1 atom stereocenters. The summed E-state index contributed by atoms with van der Waals surface area (Å²) in [5.74, 6) is -2.31. The van der Waals surface area contributed by atoms with Crippen LogP contribution >= 0.6 is 0 Å². The number of ether oxygens (including phenoxy) is 1. The van der Waals surface area contributed by atoms with E-state index in [9.17, 15) is 22.8 Å². The van der Waals surface area contributed by atoms with Crippen molar-refractivity contribution in [2.24, 2.45) is 5.73 Å². The van der Waals surface area contributed by atoms with Gasteiger partial charge in [0.15, 0.2) is 6.10 Å². The molecular formula is C12H13F3N2O4. The molecule has 0 aliphatic carbocycles. The third-order valence-electron chi connectivity index (χ3n) is 2.65. The molecule has 0 fully saturated rings. The monoisotopic (exact) mass is 306 g/mol. The highest BCUT2D eigenvalue weighted by atomic mass is 19.4. The Bertz CT molecular complexity index is 546. The second kappa shape index (κ2) is 6.44. The van der Waals surface area contributed by atoms with E-state index in [2.05, 4.69) is 10.1 Å². The number of carboxylic acids is 1. The van der Waals surface area contributed by atoms with Gasteiger partial charge in [-0.3, -0.25) is 4.79 Å². The summed E-state index contributed by atoms with van der Waals surface area (Å²) in [6.07, 6.45) is -5.83. The van der Waals surface area contributed by atoms with E-state index in [1.54, 1.807) is 0 Å². The van der Waals surface area contributed by atoms with Crippen molar-refractivity contribution < 1.29 is 32.6 Å². The van der Waals surface area contributed by atoms with Gasteiger partial charge in [0, 0.05) is 12.8 Å². The van der Waals surface area contributed by atoms with Gasteiger partial charge < -0.3 is 20.9 Å². The fraction of sp³-hybridized carbons (Fsp3) is 0.333. The number of halogens is 3. The zero-order chi connectivity index (χ0) is 16.2. The van der Waals surface area contributed by atoms with Gasteiger partial charge in [0.05, 0.1) is 17.7 Å². The van der Waals surface area contributed by atoms with Crippen LogP contribution in [0.4, 0.5) is 18.9 Å². The van der Waals surface area contributed by atoms with Crippen LogP contribution in [0, 0.1) is 0 Å². The van der Waals surface area contributed by atoms with Crippen molar-refractivity contribution in [1.82, 2.24) is 0 Å². The Morgan fingerprint density at radius 1 is 1.43 bits per heavy atom. The smallest absolute Gasteiger partial charge is 0.416 e. The Morgan fingerprint density at radius 3 is 2.48 bits per heavy atom. The number of amides is 1. The van der Waals surface area contributed by atoms with Gasteiger partial charge in [0.25, 0.3) is 5.91 Å². The topological polar surface area (TPSA) is 102 Å². The third kappa shape index (κ3) is 4.35. The Hall–Kier alpha value is -2.29. The molecule has 0 aromatic heterocycles. The van der Waals surface area contributed by atoms with Gasteiger partial charge in [0.2, 0.25) is 0 Å². The lowest BCUT2D eigenvalue weighted by molar-refractivity contribution is -0.147. The van der Waals surface area contributed by atoms with E-state index < -0.39 is 29.7 Å². The number of primary amides is 1. The lowest BCUT2D eigenvalue weighted by atomic mass is 10.1. The number of nitrogens with one attached hydrogen (secondary N) is 1. The summed E-state index contributed by atoms with van der Waals surface area (Å²) >= 11 is 0. The molecule has 1 rings (SSSR count). The average Bonchev–Trinajstić information content (AvgIpc) is 2.37. The molecule has 0 saturated heterocycles. The molecule has 0 spiro atoms. The van der Waals surface area contributed by atoms with Crippen LogP contribution in [0.2, 0.25) is 0 Å². The van der Waals surface area contributed by atoms with Crippen LogP contribution in [0.1, 0.15) is 15.9 Å². The van der Waals surface area contributed by atoms with Gasteiger partial charge in [0.1, 0.15) is 0 Å². The highest BCUT2D eigenvalue weighted by molar-refractivity contribution is 5.98. The fourth-order valence-corrected chi connectivity index (χ4v) is 1.55. The maximum Gasteiger partial charge on any atom is 0.416 e. The van der Waals surface area contributed by atoms with Crippen LogP contribution in [-0.2, 0) is 15.7 Å². The predicted octanol–water partition coefficient (Wildman–Crippen LogP) is 1.32.